The van der Waals surface area contributed by atoms with Crippen LogP contribution >= 0.6 is 0 Å². The van der Waals surface area contributed by atoms with E-state index in [4.69, 9.17) is 9.47 Å². The Morgan fingerprint density at radius 2 is 1.79 bits per heavy atom. The van der Waals surface area contributed by atoms with Crippen molar-refractivity contribution in [1.29, 1.82) is 0 Å². The number of methoxy groups -OCH3 is 2. The van der Waals surface area contributed by atoms with Crippen LogP contribution in [-0.2, 0) is 9.84 Å². The standard InChI is InChI=1S/C19H18N4O4S/c1-26-16-7-4-11(8-17(16)27-2)21-19-18-14(10-20-23-18)13-9-12(28(3,24)25)5-6-15(13)22-19/h4-10H,1-3H3,(H,20,23)(H,21,22). The van der Waals surface area contributed by atoms with Crippen LogP contribution in [0.5, 0.6) is 11.5 Å². The van der Waals surface area contributed by atoms with Crippen LogP contribution in [0, 0.1) is 0 Å². The van der Waals surface area contributed by atoms with Crippen molar-refractivity contribution in [3.8, 4) is 11.5 Å². The molecule has 0 amide bonds. The minimum atomic E-state index is -3.32. The second-order valence-electron chi connectivity index (χ2n) is 6.26. The van der Waals surface area contributed by atoms with Crippen LogP contribution in [0.1, 0.15) is 0 Å². The van der Waals surface area contributed by atoms with E-state index in [-0.39, 0.29) is 4.90 Å². The quantitative estimate of drug-likeness (QED) is 0.531. The van der Waals surface area contributed by atoms with Crippen LogP contribution in [0.3, 0.4) is 0 Å². The summed E-state index contributed by atoms with van der Waals surface area (Å²) in [6, 6.07) is 10.3. The van der Waals surface area contributed by atoms with Gasteiger partial charge in [-0.05, 0) is 30.3 Å². The zero-order valence-corrected chi connectivity index (χ0v) is 16.3. The fourth-order valence-corrected chi connectivity index (χ4v) is 3.69. The molecule has 4 aromatic rings. The zero-order chi connectivity index (χ0) is 19.9. The third-order valence-corrected chi connectivity index (χ3v) is 5.55. The van der Waals surface area contributed by atoms with Gasteiger partial charge >= 0.3 is 0 Å². The molecule has 0 aliphatic heterocycles. The molecular weight excluding hydrogens is 380 g/mol. The maximum absolute atomic E-state index is 11.9. The first-order chi connectivity index (χ1) is 13.4. The molecule has 0 saturated carbocycles. The summed E-state index contributed by atoms with van der Waals surface area (Å²) in [5.41, 5.74) is 2.09. The van der Waals surface area contributed by atoms with Crippen LogP contribution in [0.4, 0.5) is 11.5 Å². The first kappa shape index (κ1) is 18.1. The lowest BCUT2D eigenvalue weighted by molar-refractivity contribution is 0.355. The lowest BCUT2D eigenvalue weighted by Gasteiger charge is -2.12. The predicted molar refractivity (Wildman–Crippen MR) is 107 cm³/mol. The predicted octanol–water partition coefficient (Wildman–Crippen LogP) is 3.28. The topological polar surface area (TPSA) is 106 Å². The van der Waals surface area contributed by atoms with E-state index in [1.54, 1.807) is 50.7 Å². The van der Waals surface area contributed by atoms with Crippen molar-refractivity contribution in [1.82, 2.24) is 15.2 Å². The highest BCUT2D eigenvalue weighted by molar-refractivity contribution is 7.90. The Bertz CT molecular complexity index is 1300. The van der Waals surface area contributed by atoms with Crippen molar-refractivity contribution < 1.29 is 17.9 Å². The van der Waals surface area contributed by atoms with Gasteiger partial charge in [0.25, 0.3) is 0 Å². The maximum Gasteiger partial charge on any atom is 0.175 e. The van der Waals surface area contributed by atoms with E-state index in [0.29, 0.717) is 33.7 Å². The monoisotopic (exact) mass is 398 g/mol. The van der Waals surface area contributed by atoms with Gasteiger partial charge in [0, 0.05) is 28.8 Å². The number of rotatable bonds is 5. The number of aromatic nitrogens is 3. The number of aromatic amines is 1. The molecular formula is C19H18N4O4S. The van der Waals surface area contributed by atoms with Gasteiger partial charge in [0.1, 0.15) is 5.52 Å². The molecule has 28 heavy (non-hydrogen) atoms. The molecule has 2 aromatic heterocycles. The number of sulfone groups is 1. The van der Waals surface area contributed by atoms with Gasteiger partial charge < -0.3 is 14.8 Å². The Kier molecular flexibility index (Phi) is 4.31. The van der Waals surface area contributed by atoms with Crippen molar-refractivity contribution >= 4 is 43.1 Å². The number of anilines is 2. The lowest BCUT2D eigenvalue weighted by atomic mass is 10.1. The summed E-state index contributed by atoms with van der Waals surface area (Å²) in [6.45, 7) is 0. The second kappa shape index (κ2) is 6.68. The Morgan fingerprint density at radius 1 is 1.00 bits per heavy atom. The lowest BCUT2D eigenvalue weighted by Crippen LogP contribution is -1.99. The largest absolute Gasteiger partial charge is 0.493 e. The van der Waals surface area contributed by atoms with Crippen LogP contribution < -0.4 is 14.8 Å². The number of nitrogens with zero attached hydrogens (tertiary/aromatic N) is 2. The molecule has 2 heterocycles. The molecule has 0 saturated heterocycles. The van der Waals surface area contributed by atoms with Crippen LogP contribution in [0.2, 0.25) is 0 Å². The average Bonchev–Trinajstić information content (AvgIpc) is 3.17. The number of hydrogen-bond acceptors (Lipinski definition) is 7. The molecule has 0 aliphatic rings. The van der Waals surface area contributed by atoms with Gasteiger partial charge in [-0.2, -0.15) is 5.10 Å². The van der Waals surface area contributed by atoms with Crippen molar-refractivity contribution in [2.75, 3.05) is 25.8 Å². The summed E-state index contributed by atoms with van der Waals surface area (Å²) in [6.07, 6.45) is 2.84. The number of benzene rings is 2. The summed E-state index contributed by atoms with van der Waals surface area (Å²) in [5.74, 6) is 1.78. The number of nitrogens with one attached hydrogen (secondary N) is 2. The molecule has 0 spiro atoms. The summed E-state index contributed by atoms with van der Waals surface area (Å²) in [5, 5.41) is 11.8. The number of fused-ring (bicyclic) bond motifs is 3. The molecule has 4 rings (SSSR count). The molecule has 144 valence electrons. The molecule has 0 bridgehead atoms. The van der Waals surface area contributed by atoms with Gasteiger partial charge in [0.05, 0.1) is 30.8 Å². The van der Waals surface area contributed by atoms with E-state index in [0.717, 1.165) is 11.1 Å². The normalized spacial score (nSPS) is 11.7. The van der Waals surface area contributed by atoms with E-state index in [2.05, 4.69) is 20.5 Å². The van der Waals surface area contributed by atoms with Gasteiger partial charge in [-0.1, -0.05) is 0 Å². The summed E-state index contributed by atoms with van der Waals surface area (Å²) >= 11 is 0. The molecule has 0 aliphatic carbocycles. The maximum atomic E-state index is 11.9. The van der Waals surface area contributed by atoms with Crippen LogP contribution in [0.25, 0.3) is 21.8 Å². The Labute approximate surface area is 161 Å². The van der Waals surface area contributed by atoms with E-state index < -0.39 is 9.84 Å². The van der Waals surface area contributed by atoms with Gasteiger partial charge in [0.2, 0.25) is 0 Å². The van der Waals surface area contributed by atoms with Crippen LogP contribution in [-0.4, -0.2) is 44.1 Å². The molecule has 0 atom stereocenters. The number of H-pyrrole nitrogens is 1. The molecule has 0 unspecified atom stereocenters. The van der Waals surface area contributed by atoms with Gasteiger partial charge in [0.15, 0.2) is 27.2 Å². The molecule has 2 aromatic carbocycles. The number of hydrogen-bond donors (Lipinski definition) is 2. The average molecular weight is 398 g/mol. The van der Waals surface area contributed by atoms with Crippen molar-refractivity contribution in [3.63, 3.8) is 0 Å². The Balaban J connectivity index is 1.85. The minimum absolute atomic E-state index is 0.241. The highest BCUT2D eigenvalue weighted by Crippen LogP contribution is 2.34. The zero-order valence-electron chi connectivity index (χ0n) is 15.5. The molecule has 8 nitrogen and oxygen atoms in total. The minimum Gasteiger partial charge on any atom is -0.493 e. The summed E-state index contributed by atoms with van der Waals surface area (Å²) in [4.78, 5) is 4.88. The van der Waals surface area contributed by atoms with E-state index in [1.165, 1.54) is 6.26 Å². The Hall–Kier alpha value is -3.33. The van der Waals surface area contributed by atoms with Crippen molar-refractivity contribution in [3.05, 3.63) is 42.6 Å². The van der Waals surface area contributed by atoms with Gasteiger partial charge in [-0.15, -0.1) is 0 Å². The highest BCUT2D eigenvalue weighted by atomic mass is 32.2. The fraction of sp³-hybridized carbons (Fsp3) is 0.158. The third-order valence-electron chi connectivity index (χ3n) is 4.44. The number of ether oxygens (including phenoxy) is 2. The van der Waals surface area contributed by atoms with Crippen LogP contribution in [0.15, 0.2) is 47.5 Å². The first-order valence-electron chi connectivity index (χ1n) is 8.36. The van der Waals surface area contributed by atoms with E-state index in [1.807, 2.05) is 6.07 Å². The molecule has 0 radical (unpaired) electrons. The molecule has 9 heteroatoms. The fourth-order valence-electron chi connectivity index (χ4n) is 3.05. The first-order valence-corrected chi connectivity index (χ1v) is 10.3. The SMILES string of the molecule is COc1ccc(Nc2nc3ccc(S(C)(=O)=O)cc3c3cn[nH]c23)cc1OC. The van der Waals surface area contributed by atoms with Gasteiger partial charge in [-0.3, -0.25) is 5.10 Å². The molecule has 0 fully saturated rings. The van der Waals surface area contributed by atoms with Crippen molar-refractivity contribution in [2.45, 2.75) is 4.90 Å². The summed E-state index contributed by atoms with van der Waals surface area (Å²) in [7, 11) is -0.169. The molecule has 2 N–H and O–H groups in total. The van der Waals surface area contributed by atoms with E-state index in [9.17, 15) is 8.42 Å². The van der Waals surface area contributed by atoms with Gasteiger partial charge in [-0.25, -0.2) is 13.4 Å². The Morgan fingerprint density at radius 3 is 2.50 bits per heavy atom. The van der Waals surface area contributed by atoms with Crippen molar-refractivity contribution in [2.24, 2.45) is 0 Å². The summed E-state index contributed by atoms with van der Waals surface area (Å²) < 4.78 is 34.4. The third kappa shape index (κ3) is 3.09. The number of pyridine rings is 1. The highest BCUT2D eigenvalue weighted by Gasteiger charge is 2.15. The smallest absolute Gasteiger partial charge is 0.175 e. The second-order valence-corrected chi connectivity index (χ2v) is 8.28. The van der Waals surface area contributed by atoms with E-state index >= 15 is 0 Å².